The van der Waals surface area contributed by atoms with Crippen LogP contribution in [0.15, 0.2) is 24.8 Å². The van der Waals surface area contributed by atoms with Crippen LogP contribution in [-0.4, -0.2) is 32.9 Å². The van der Waals surface area contributed by atoms with Crippen LogP contribution in [0.5, 0.6) is 0 Å². The molecule has 0 saturated heterocycles. The fourth-order valence-electron chi connectivity index (χ4n) is 3.17. The molecule has 0 aliphatic rings. The maximum absolute atomic E-state index is 10.4. The summed E-state index contributed by atoms with van der Waals surface area (Å²) in [6.45, 7) is 2.89. The van der Waals surface area contributed by atoms with Gasteiger partial charge in [-0.3, -0.25) is 4.79 Å². The summed E-state index contributed by atoms with van der Waals surface area (Å²) in [5, 5.41) is 4.90. The van der Waals surface area contributed by atoms with E-state index in [4.69, 9.17) is 0 Å². The molecule has 1 atom stereocenters. The van der Waals surface area contributed by atoms with Crippen LogP contribution in [0.2, 0.25) is 0 Å². The summed E-state index contributed by atoms with van der Waals surface area (Å²) >= 11 is 0. The molecule has 1 amide bonds. The van der Waals surface area contributed by atoms with Gasteiger partial charge in [0.05, 0.1) is 17.4 Å². The van der Waals surface area contributed by atoms with Crippen molar-refractivity contribution in [2.24, 2.45) is 0 Å². The second kappa shape index (κ2) is 7.17. The smallest absolute Gasteiger partial charge is 0.207 e. The molecule has 6 heteroatoms. The maximum atomic E-state index is 10.4. The second-order valence-electron chi connectivity index (χ2n) is 5.72. The number of carbonyl (C=O) groups is 1. The number of pyridine rings is 1. The van der Waals surface area contributed by atoms with Gasteiger partial charge in [-0.2, -0.15) is 0 Å². The summed E-state index contributed by atoms with van der Waals surface area (Å²) in [6, 6.07) is 2.04. The molecule has 3 rings (SSSR count). The van der Waals surface area contributed by atoms with Crippen LogP contribution >= 0.6 is 0 Å². The Morgan fingerprint density at radius 2 is 2.22 bits per heavy atom. The minimum Gasteiger partial charge on any atom is -0.359 e. The van der Waals surface area contributed by atoms with Crippen LogP contribution in [-0.2, 0) is 4.79 Å². The number of nitrogens with one attached hydrogen (secondary N) is 2. The quantitative estimate of drug-likeness (QED) is 0.495. The topological polar surface area (TPSA) is 83.6 Å². The van der Waals surface area contributed by atoms with Gasteiger partial charge in [-0.15, -0.1) is 0 Å². The standard InChI is InChI=1S/C17H21N5O/c1-2-4-12(5-3-7-18-11-23)16-15-13-6-8-19-17(13)20-9-14(15)21-10-22-16/h6,8-12H,2-5,7H2,1H3,(H,18,23)(H,19,20). The highest BCUT2D eigenvalue weighted by Gasteiger charge is 2.18. The van der Waals surface area contributed by atoms with Crippen molar-refractivity contribution in [3.05, 3.63) is 30.5 Å². The van der Waals surface area contributed by atoms with Gasteiger partial charge in [-0.1, -0.05) is 13.3 Å². The van der Waals surface area contributed by atoms with Crippen LogP contribution in [0.1, 0.15) is 44.2 Å². The van der Waals surface area contributed by atoms with Gasteiger partial charge >= 0.3 is 0 Å². The molecule has 0 fully saturated rings. The number of carbonyl (C=O) groups excluding carboxylic acids is 1. The second-order valence-corrected chi connectivity index (χ2v) is 5.72. The van der Waals surface area contributed by atoms with Crippen molar-refractivity contribution in [2.45, 2.75) is 38.5 Å². The van der Waals surface area contributed by atoms with E-state index in [9.17, 15) is 4.79 Å². The Bertz CT molecular complexity index is 798. The Hall–Kier alpha value is -2.50. The molecule has 3 heterocycles. The summed E-state index contributed by atoms with van der Waals surface area (Å²) in [7, 11) is 0. The summed E-state index contributed by atoms with van der Waals surface area (Å²) < 4.78 is 0. The lowest BCUT2D eigenvalue weighted by molar-refractivity contribution is -0.109. The number of fused-ring (bicyclic) bond motifs is 3. The third-order valence-electron chi connectivity index (χ3n) is 4.20. The van der Waals surface area contributed by atoms with Crippen molar-refractivity contribution in [1.82, 2.24) is 25.3 Å². The fraction of sp³-hybridized carbons (Fsp3) is 0.412. The number of nitrogens with zero attached hydrogens (tertiary/aromatic N) is 3. The first-order chi connectivity index (χ1) is 11.3. The van der Waals surface area contributed by atoms with E-state index in [1.807, 2.05) is 12.3 Å². The monoisotopic (exact) mass is 311 g/mol. The Kier molecular flexibility index (Phi) is 4.80. The van der Waals surface area contributed by atoms with Gasteiger partial charge in [0.2, 0.25) is 6.41 Å². The van der Waals surface area contributed by atoms with Gasteiger partial charge in [-0.05, 0) is 25.3 Å². The molecule has 0 spiro atoms. The maximum Gasteiger partial charge on any atom is 0.207 e. The lowest BCUT2D eigenvalue weighted by Crippen LogP contribution is -2.13. The number of amides is 1. The average Bonchev–Trinajstić information content (AvgIpc) is 3.06. The van der Waals surface area contributed by atoms with Gasteiger partial charge in [-0.25, -0.2) is 15.0 Å². The van der Waals surface area contributed by atoms with Crippen molar-refractivity contribution >= 4 is 28.3 Å². The van der Waals surface area contributed by atoms with Crippen molar-refractivity contribution in [3.63, 3.8) is 0 Å². The largest absolute Gasteiger partial charge is 0.359 e. The van der Waals surface area contributed by atoms with Crippen LogP contribution in [0.4, 0.5) is 0 Å². The normalized spacial score (nSPS) is 12.6. The Balaban J connectivity index is 2.00. The third kappa shape index (κ3) is 3.16. The van der Waals surface area contributed by atoms with Crippen LogP contribution < -0.4 is 5.32 Å². The highest BCUT2D eigenvalue weighted by atomic mass is 16.1. The summed E-state index contributed by atoms with van der Waals surface area (Å²) in [5.74, 6) is 0.361. The molecule has 6 nitrogen and oxygen atoms in total. The van der Waals surface area contributed by atoms with E-state index in [0.29, 0.717) is 12.5 Å². The van der Waals surface area contributed by atoms with E-state index in [1.54, 1.807) is 12.5 Å². The van der Waals surface area contributed by atoms with E-state index in [1.165, 1.54) is 0 Å². The molecule has 3 aromatic rings. The van der Waals surface area contributed by atoms with Crippen LogP contribution in [0.3, 0.4) is 0 Å². The van der Waals surface area contributed by atoms with Gasteiger partial charge in [0.15, 0.2) is 0 Å². The van der Waals surface area contributed by atoms with E-state index in [-0.39, 0.29) is 0 Å². The SMILES string of the molecule is CCCC(CCCNC=O)c1ncnc2cnc3[nH]ccc3c12. The average molecular weight is 311 g/mol. The van der Waals surface area contributed by atoms with E-state index < -0.39 is 0 Å². The van der Waals surface area contributed by atoms with Crippen LogP contribution in [0, 0.1) is 0 Å². The molecule has 3 aromatic heterocycles. The highest BCUT2D eigenvalue weighted by Crippen LogP contribution is 2.32. The number of hydrogen-bond acceptors (Lipinski definition) is 4. The lowest BCUT2D eigenvalue weighted by atomic mass is 9.91. The minimum atomic E-state index is 0.361. The molecule has 1 unspecified atom stereocenters. The first-order valence-electron chi connectivity index (χ1n) is 8.08. The molecule has 23 heavy (non-hydrogen) atoms. The summed E-state index contributed by atoms with van der Waals surface area (Å²) in [4.78, 5) is 26.9. The Morgan fingerprint density at radius 3 is 3.04 bits per heavy atom. The molecule has 0 aromatic carbocycles. The predicted molar refractivity (Wildman–Crippen MR) is 90.1 cm³/mol. The Labute approximate surface area is 134 Å². The van der Waals surface area contributed by atoms with Crippen molar-refractivity contribution in [3.8, 4) is 0 Å². The predicted octanol–water partition coefficient (Wildman–Crippen LogP) is 2.92. The molecule has 2 N–H and O–H groups in total. The highest BCUT2D eigenvalue weighted by molar-refractivity contribution is 6.04. The van der Waals surface area contributed by atoms with Crippen molar-refractivity contribution in [1.29, 1.82) is 0 Å². The summed E-state index contributed by atoms with van der Waals surface area (Å²) in [6.07, 6.45) is 10.2. The zero-order valence-electron chi connectivity index (χ0n) is 13.2. The van der Waals surface area contributed by atoms with Crippen molar-refractivity contribution in [2.75, 3.05) is 6.54 Å². The molecule has 0 aliphatic heterocycles. The number of hydrogen-bond donors (Lipinski definition) is 2. The summed E-state index contributed by atoms with van der Waals surface area (Å²) in [5.41, 5.74) is 2.84. The first-order valence-corrected chi connectivity index (χ1v) is 8.08. The zero-order valence-corrected chi connectivity index (χ0v) is 13.2. The number of rotatable bonds is 8. The third-order valence-corrected chi connectivity index (χ3v) is 4.20. The molecule has 120 valence electrons. The minimum absolute atomic E-state index is 0.361. The van der Waals surface area contributed by atoms with E-state index >= 15 is 0 Å². The molecular weight excluding hydrogens is 290 g/mol. The number of H-pyrrole nitrogens is 1. The molecule has 0 aliphatic carbocycles. The van der Waals surface area contributed by atoms with Gasteiger partial charge in [0.25, 0.3) is 0 Å². The Morgan fingerprint density at radius 1 is 1.30 bits per heavy atom. The van der Waals surface area contributed by atoms with E-state index in [2.05, 4.69) is 32.2 Å². The van der Waals surface area contributed by atoms with Gasteiger partial charge in [0.1, 0.15) is 12.0 Å². The van der Waals surface area contributed by atoms with Crippen LogP contribution in [0.25, 0.3) is 21.9 Å². The molecule has 0 saturated carbocycles. The van der Waals surface area contributed by atoms with Gasteiger partial charge in [0, 0.05) is 29.4 Å². The van der Waals surface area contributed by atoms with E-state index in [0.717, 1.165) is 59.7 Å². The van der Waals surface area contributed by atoms with Crippen molar-refractivity contribution < 1.29 is 4.79 Å². The fourth-order valence-corrected chi connectivity index (χ4v) is 3.17. The zero-order chi connectivity index (χ0) is 16.1. The number of aromatic amines is 1. The molecule has 0 bridgehead atoms. The molecule has 0 radical (unpaired) electrons. The molecular formula is C17H21N5O. The lowest BCUT2D eigenvalue weighted by Gasteiger charge is -2.17. The van der Waals surface area contributed by atoms with Gasteiger partial charge < -0.3 is 10.3 Å². The first kappa shape index (κ1) is 15.4. The number of aromatic nitrogens is 4.